The summed E-state index contributed by atoms with van der Waals surface area (Å²) < 4.78 is 0. The lowest BCUT2D eigenvalue weighted by Gasteiger charge is -2.42. The molecule has 0 saturated heterocycles. The number of anilines is 1. The third-order valence-corrected chi connectivity index (χ3v) is 4.08. The Hall–Kier alpha value is -1.59. The zero-order valence-corrected chi connectivity index (χ0v) is 11.8. The summed E-state index contributed by atoms with van der Waals surface area (Å²) >= 11 is 5.82. The number of carbonyl (C=O) groups excluding carboxylic acids is 1. The van der Waals surface area contributed by atoms with Crippen molar-refractivity contribution >= 4 is 29.2 Å². The molecule has 1 aromatic rings. The molecule has 0 atom stereocenters. The van der Waals surface area contributed by atoms with Crippen LogP contribution in [0, 0.1) is 5.41 Å². The Balaban J connectivity index is 2.29. The molecule has 0 radical (unpaired) electrons. The number of hydrogen-bond acceptors (Lipinski definition) is 3. The molecule has 0 aromatic heterocycles. The van der Waals surface area contributed by atoms with Crippen molar-refractivity contribution in [1.29, 1.82) is 0 Å². The number of carboxylic acids is 1. The summed E-state index contributed by atoms with van der Waals surface area (Å²) in [6.45, 7) is -0.127. The molecule has 6 heteroatoms. The maximum absolute atomic E-state index is 12.6. The summed E-state index contributed by atoms with van der Waals surface area (Å²) in [4.78, 5) is 25.0. The number of carboxylic acid groups (broad SMARTS) is 1. The quantitative estimate of drug-likeness (QED) is 0.869. The average molecular weight is 297 g/mol. The van der Waals surface area contributed by atoms with Gasteiger partial charge in [-0.1, -0.05) is 18.0 Å². The van der Waals surface area contributed by atoms with Gasteiger partial charge >= 0.3 is 5.97 Å². The molecule has 1 aliphatic carbocycles. The van der Waals surface area contributed by atoms with Crippen LogP contribution in [0.1, 0.15) is 19.3 Å². The fourth-order valence-electron chi connectivity index (χ4n) is 2.43. The molecule has 0 bridgehead atoms. The van der Waals surface area contributed by atoms with Crippen molar-refractivity contribution in [1.82, 2.24) is 0 Å². The van der Waals surface area contributed by atoms with Crippen LogP contribution in [-0.4, -0.2) is 30.1 Å². The Kier molecular flexibility index (Phi) is 4.30. The van der Waals surface area contributed by atoms with Crippen molar-refractivity contribution in [3.05, 3.63) is 29.3 Å². The van der Waals surface area contributed by atoms with Crippen molar-refractivity contribution < 1.29 is 14.7 Å². The lowest BCUT2D eigenvalue weighted by atomic mass is 9.67. The van der Waals surface area contributed by atoms with Crippen LogP contribution in [0.4, 0.5) is 5.69 Å². The van der Waals surface area contributed by atoms with Gasteiger partial charge in [0.05, 0.1) is 5.41 Å². The summed E-state index contributed by atoms with van der Waals surface area (Å²) in [6.07, 6.45) is 2.38. The zero-order valence-electron chi connectivity index (χ0n) is 11.0. The van der Waals surface area contributed by atoms with Gasteiger partial charge in [-0.25, -0.2) is 0 Å². The van der Waals surface area contributed by atoms with E-state index in [1.54, 1.807) is 24.3 Å². The first-order chi connectivity index (χ1) is 9.48. The number of benzene rings is 1. The number of rotatable bonds is 5. The summed E-state index contributed by atoms with van der Waals surface area (Å²) in [7, 11) is 0. The molecule has 0 unspecified atom stereocenters. The Labute approximate surface area is 122 Å². The number of aliphatic carboxylic acids is 1. The third kappa shape index (κ3) is 2.78. The maximum atomic E-state index is 12.6. The number of carbonyl (C=O) groups is 2. The van der Waals surface area contributed by atoms with E-state index in [0.717, 1.165) is 6.42 Å². The average Bonchev–Trinajstić information content (AvgIpc) is 2.36. The molecule has 0 heterocycles. The van der Waals surface area contributed by atoms with Crippen molar-refractivity contribution in [3.8, 4) is 0 Å². The van der Waals surface area contributed by atoms with E-state index < -0.39 is 11.4 Å². The molecule has 5 nitrogen and oxygen atoms in total. The predicted molar refractivity (Wildman–Crippen MR) is 76.8 cm³/mol. The van der Waals surface area contributed by atoms with Crippen molar-refractivity contribution in [3.63, 3.8) is 0 Å². The van der Waals surface area contributed by atoms with Crippen molar-refractivity contribution in [2.24, 2.45) is 11.1 Å². The summed E-state index contributed by atoms with van der Waals surface area (Å²) in [5.41, 5.74) is 5.65. The highest BCUT2D eigenvalue weighted by molar-refractivity contribution is 6.30. The first-order valence-corrected chi connectivity index (χ1v) is 6.86. The molecule has 1 saturated carbocycles. The molecule has 108 valence electrons. The number of amides is 1. The molecule has 1 aromatic carbocycles. The van der Waals surface area contributed by atoms with Gasteiger partial charge in [0.2, 0.25) is 5.91 Å². The Morgan fingerprint density at radius 3 is 2.30 bits per heavy atom. The van der Waals surface area contributed by atoms with E-state index in [1.165, 1.54) is 4.90 Å². The zero-order chi connectivity index (χ0) is 14.8. The molecule has 1 aliphatic rings. The molecule has 1 amide bonds. The highest BCUT2D eigenvalue weighted by Gasteiger charge is 2.45. The van der Waals surface area contributed by atoms with Crippen LogP contribution >= 0.6 is 11.6 Å². The van der Waals surface area contributed by atoms with Crippen LogP contribution in [0.2, 0.25) is 5.02 Å². The monoisotopic (exact) mass is 296 g/mol. The maximum Gasteiger partial charge on any atom is 0.323 e. The Bertz CT molecular complexity index is 506. The van der Waals surface area contributed by atoms with Crippen LogP contribution in [0.3, 0.4) is 0 Å². The normalized spacial score (nSPS) is 16.3. The van der Waals surface area contributed by atoms with Crippen molar-refractivity contribution in [2.45, 2.75) is 19.3 Å². The van der Waals surface area contributed by atoms with Gasteiger partial charge in [0.25, 0.3) is 0 Å². The van der Waals surface area contributed by atoms with Crippen LogP contribution in [0.15, 0.2) is 24.3 Å². The topological polar surface area (TPSA) is 83.6 Å². The van der Waals surface area contributed by atoms with Gasteiger partial charge in [-0.3, -0.25) is 9.59 Å². The highest BCUT2D eigenvalue weighted by Crippen LogP contribution is 2.42. The van der Waals surface area contributed by atoms with Crippen molar-refractivity contribution in [2.75, 3.05) is 18.0 Å². The van der Waals surface area contributed by atoms with Gasteiger partial charge in [0.1, 0.15) is 6.54 Å². The van der Waals surface area contributed by atoms with E-state index >= 15 is 0 Å². The standard InChI is InChI=1S/C14H17ClN2O3/c15-10-2-4-11(5-3-10)17(8-12(18)19)13(20)14(9-16)6-1-7-14/h2-5H,1,6-9,16H2,(H,18,19). The number of nitrogens with zero attached hydrogens (tertiary/aromatic N) is 1. The van der Waals surface area contributed by atoms with Gasteiger partial charge < -0.3 is 15.7 Å². The first-order valence-electron chi connectivity index (χ1n) is 6.48. The lowest BCUT2D eigenvalue weighted by molar-refractivity contribution is -0.139. The molecule has 2 rings (SSSR count). The molecular weight excluding hydrogens is 280 g/mol. The van der Waals surface area contributed by atoms with Gasteiger partial charge in [-0.2, -0.15) is 0 Å². The minimum atomic E-state index is -1.06. The van der Waals surface area contributed by atoms with E-state index in [1.807, 2.05) is 0 Å². The Morgan fingerprint density at radius 2 is 1.90 bits per heavy atom. The van der Waals surface area contributed by atoms with Crippen LogP contribution in [0.25, 0.3) is 0 Å². The van der Waals surface area contributed by atoms with E-state index in [2.05, 4.69) is 0 Å². The highest BCUT2D eigenvalue weighted by atomic mass is 35.5. The summed E-state index contributed by atoms with van der Waals surface area (Å²) in [5.74, 6) is -1.27. The lowest BCUT2D eigenvalue weighted by Crippen LogP contribution is -2.53. The first kappa shape index (κ1) is 14.8. The minimum absolute atomic E-state index is 0.212. The Morgan fingerprint density at radius 1 is 1.30 bits per heavy atom. The molecule has 3 N–H and O–H groups in total. The summed E-state index contributed by atoms with van der Waals surface area (Å²) in [6, 6.07) is 6.56. The number of hydrogen-bond donors (Lipinski definition) is 2. The molecule has 1 fully saturated rings. The largest absolute Gasteiger partial charge is 0.480 e. The van der Waals surface area contributed by atoms with Gasteiger partial charge in [0.15, 0.2) is 0 Å². The van der Waals surface area contributed by atoms with E-state index in [-0.39, 0.29) is 19.0 Å². The van der Waals surface area contributed by atoms with Crippen LogP contribution in [-0.2, 0) is 9.59 Å². The molecule has 0 aliphatic heterocycles. The summed E-state index contributed by atoms with van der Waals surface area (Å²) in [5, 5.41) is 9.56. The van der Waals surface area contributed by atoms with Gasteiger partial charge in [-0.15, -0.1) is 0 Å². The smallest absolute Gasteiger partial charge is 0.323 e. The van der Waals surface area contributed by atoms with Gasteiger partial charge in [0, 0.05) is 17.3 Å². The fourth-order valence-corrected chi connectivity index (χ4v) is 2.56. The van der Waals surface area contributed by atoms with E-state index in [0.29, 0.717) is 23.6 Å². The molecule has 20 heavy (non-hydrogen) atoms. The second-order valence-electron chi connectivity index (χ2n) is 5.10. The molecular formula is C14H17ClN2O3. The second kappa shape index (κ2) is 5.81. The van der Waals surface area contributed by atoms with E-state index in [4.69, 9.17) is 22.4 Å². The number of nitrogens with two attached hydrogens (primary N) is 1. The van der Waals surface area contributed by atoms with Crippen LogP contribution < -0.4 is 10.6 Å². The SMILES string of the molecule is NCC1(C(=O)N(CC(=O)O)c2ccc(Cl)cc2)CCC1. The molecule has 0 spiro atoms. The number of halogens is 1. The van der Waals surface area contributed by atoms with E-state index in [9.17, 15) is 9.59 Å². The van der Waals surface area contributed by atoms with Gasteiger partial charge in [-0.05, 0) is 37.1 Å². The second-order valence-corrected chi connectivity index (χ2v) is 5.54. The fraction of sp³-hybridized carbons (Fsp3) is 0.429. The van der Waals surface area contributed by atoms with Crippen LogP contribution in [0.5, 0.6) is 0 Å². The third-order valence-electron chi connectivity index (χ3n) is 3.83. The predicted octanol–water partition coefficient (Wildman–Crippen LogP) is 1.89. The minimum Gasteiger partial charge on any atom is -0.480 e.